The summed E-state index contributed by atoms with van der Waals surface area (Å²) in [5, 5.41) is 24.7. The molecule has 28 heavy (non-hydrogen) atoms. The lowest BCUT2D eigenvalue weighted by atomic mass is 9.79. The van der Waals surface area contributed by atoms with E-state index in [1.165, 1.54) is 24.2 Å². The summed E-state index contributed by atoms with van der Waals surface area (Å²) in [5.74, 6) is 0. The molecule has 158 valence electrons. The quantitative estimate of drug-likeness (QED) is 0.613. The van der Waals surface area contributed by atoms with Crippen molar-refractivity contribution >= 4 is 6.09 Å². The van der Waals surface area contributed by atoms with E-state index in [4.69, 9.17) is 0 Å². The second kappa shape index (κ2) is 9.75. The van der Waals surface area contributed by atoms with E-state index in [9.17, 15) is 15.0 Å². The Morgan fingerprint density at radius 2 is 1.79 bits per heavy atom. The first-order valence-corrected chi connectivity index (χ1v) is 10.7. The van der Waals surface area contributed by atoms with Crippen molar-refractivity contribution in [1.82, 2.24) is 10.2 Å². The molecule has 0 bridgehead atoms. The fourth-order valence-electron chi connectivity index (χ4n) is 4.52. The summed E-state index contributed by atoms with van der Waals surface area (Å²) in [6.07, 6.45) is 5.72. The van der Waals surface area contributed by atoms with E-state index in [0.29, 0.717) is 13.0 Å². The minimum Gasteiger partial charge on any atom is -0.465 e. The number of β-amino-alcohol motifs (C(OH)–C–C–N with tert-alkyl or cyclic N) is 1. The number of nitrogens with zero attached hydrogens (tertiary/aromatic N) is 1. The predicted molar refractivity (Wildman–Crippen MR) is 114 cm³/mol. The lowest BCUT2D eigenvalue weighted by molar-refractivity contribution is 0.00349. The summed E-state index contributed by atoms with van der Waals surface area (Å²) >= 11 is 0. The van der Waals surface area contributed by atoms with Crippen LogP contribution in [0.3, 0.4) is 0 Å². The Bertz CT molecular complexity index is 606. The molecule has 0 spiro atoms. The largest absolute Gasteiger partial charge is 0.465 e. The van der Waals surface area contributed by atoms with E-state index in [-0.39, 0.29) is 5.54 Å². The lowest BCUT2D eigenvalue weighted by Crippen LogP contribution is -2.59. The van der Waals surface area contributed by atoms with Gasteiger partial charge in [0.15, 0.2) is 0 Å². The van der Waals surface area contributed by atoms with Gasteiger partial charge in [-0.25, -0.2) is 4.79 Å². The highest BCUT2D eigenvalue weighted by molar-refractivity contribution is 5.66. The monoisotopic (exact) mass is 390 g/mol. The van der Waals surface area contributed by atoms with Gasteiger partial charge in [-0.15, -0.1) is 0 Å². The summed E-state index contributed by atoms with van der Waals surface area (Å²) in [5.41, 5.74) is 0.510. The molecule has 0 heterocycles. The van der Waals surface area contributed by atoms with Gasteiger partial charge in [0.25, 0.3) is 0 Å². The van der Waals surface area contributed by atoms with Gasteiger partial charge in [-0.2, -0.15) is 0 Å². The highest BCUT2D eigenvalue weighted by Crippen LogP contribution is 2.31. The van der Waals surface area contributed by atoms with Crippen LogP contribution < -0.4 is 5.32 Å². The van der Waals surface area contributed by atoms with Gasteiger partial charge in [0.1, 0.15) is 0 Å². The minimum atomic E-state index is -0.990. The molecule has 2 atom stereocenters. The zero-order chi connectivity index (χ0) is 20.8. The molecule has 5 nitrogen and oxygen atoms in total. The Labute approximate surface area is 170 Å². The summed E-state index contributed by atoms with van der Waals surface area (Å²) in [4.78, 5) is 13.5. The number of nitrogens with one attached hydrogen (secondary N) is 1. The summed E-state index contributed by atoms with van der Waals surface area (Å²) in [7, 11) is 0. The number of amides is 1. The van der Waals surface area contributed by atoms with Crippen LogP contribution in [0, 0.1) is 0 Å². The highest BCUT2D eigenvalue weighted by atomic mass is 16.4. The maximum Gasteiger partial charge on any atom is 0.408 e. The van der Waals surface area contributed by atoms with E-state index in [1.54, 1.807) is 0 Å². The molecule has 1 aliphatic rings. The molecule has 5 heteroatoms. The Morgan fingerprint density at radius 1 is 1.18 bits per heavy atom. The average Bonchev–Trinajstić information content (AvgIpc) is 2.66. The molecule has 0 saturated heterocycles. The van der Waals surface area contributed by atoms with Crippen LogP contribution in [0.4, 0.5) is 4.79 Å². The van der Waals surface area contributed by atoms with E-state index in [0.717, 1.165) is 24.8 Å². The zero-order valence-electron chi connectivity index (χ0n) is 17.9. The third-order valence-corrected chi connectivity index (χ3v) is 6.17. The first-order chi connectivity index (χ1) is 13.2. The summed E-state index contributed by atoms with van der Waals surface area (Å²) in [6.45, 7) is 8.26. The van der Waals surface area contributed by atoms with E-state index >= 15 is 0 Å². The number of carboxylic acid groups (broad SMARTS) is 1. The van der Waals surface area contributed by atoms with Gasteiger partial charge >= 0.3 is 6.09 Å². The molecular weight excluding hydrogens is 352 g/mol. The molecule has 0 unspecified atom stereocenters. The molecule has 2 rings (SSSR count). The molecular formula is C23H38N2O3. The average molecular weight is 391 g/mol. The van der Waals surface area contributed by atoms with Crippen molar-refractivity contribution in [2.75, 3.05) is 6.54 Å². The van der Waals surface area contributed by atoms with E-state index in [2.05, 4.69) is 12.2 Å². The summed E-state index contributed by atoms with van der Waals surface area (Å²) < 4.78 is 0. The number of rotatable bonds is 8. The maximum absolute atomic E-state index is 12.1. The second-order valence-electron chi connectivity index (χ2n) is 9.22. The van der Waals surface area contributed by atoms with Crippen LogP contribution in [0.2, 0.25) is 0 Å². The Balaban J connectivity index is 2.20. The SMILES string of the molecule is CCC1(NC[C@@H](O)[C@H](Cc2ccccc2)N(C(=O)O)C(C)(C)C)CCCCC1. The number of benzene rings is 1. The van der Waals surface area contributed by atoms with Gasteiger partial charge in [-0.3, -0.25) is 4.90 Å². The lowest BCUT2D eigenvalue weighted by Gasteiger charge is -2.43. The predicted octanol–water partition coefficient (Wildman–Crippen LogP) is 4.44. The molecule has 3 N–H and O–H groups in total. The molecule has 1 aliphatic carbocycles. The molecule has 1 aromatic rings. The van der Waals surface area contributed by atoms with Crippen LogP contribution in [-0.4, -0.2) is 51.0 Å². The van der Waals surface area contributed by atoms with Crippen LogP contribution >= 0.6 is 0 Å². The first-order valence-electron chi connectivity index (χ1n) is 10.7. The van der Waals surface area contributed by atoms with Crippen LogP contribution in [0.15, 0.2) is 30.3 Å². The smallest absolute Gasteiger partial charge is 0.408 e. The van der Waals surface area contributed by atoms with Crippen molar-refractivity contribution in [2.24, 2.45) is 0 Å². The molecule has 1 fully saturated rings. The normalized spacial score (nSPS) is 19.0. The van der Waals surface area contributed by atoms with Crippen molar-refractivity contribution in [3.05, 3.63) is 35.9 Å². The molecule has 1 aromatic carbocycles. The molecule has 0 aromatic heterocycles. The third kappa shape index (κ3) is 5.95. The Hall–Kier alpha value is -1.59. The van der Waals surface area contributed by atoms with Gasteiger partial charge in [-0.1, -0.05) is 56.5 Å². The van der Waals surface area contributed by atoms with Gasteiger partial charge in [0, 0.05) is 17.6 Å². The first kappa shape index (κ1) is 22.7. The van der Waals surface area contributed by atoms with Gasteiger partial charge in [0.2, 0.25) is 0 Å². The minimum absolute atomic E-state index is 0.0757. The van der Waals surface area contributed by atoms with Crippen molar-refractivity contribution in [3.8, 4) is 0 Å². The van der Waals surface area contributed by atoms with Crippen molar-refractivity contribution in [2.45, 2.75) is 95.9 Å². The Kier molecular flexibility index (Phi) is 7.90. The molecule has 0 aliphatic heterocycles. The highest BCUT2D eigenvalue weighted by Gasteiger charge is 2.38. The van der Waals surface area contributed by atoms with Gasteiger partial charge < -0.3 is 15.5 Å². The number of carbonyl (C=O) groups is 1. The van der Waals surface area contributed by atoms with E-state index in [1.807, 2.05) is 51.1 Å². The number of hydrogen-bond acceptors (Lipinski definition) is 3. The standard InChI is InChI=1S/C23H38N2O3/c1-5-23(14-10-7-11-15-23)24-17-20(26)19(16-18-12-8-6-9-13-18)25(21(27)28)22(2,3)4/h6,8-9,12-13,19-20,24,26H,5,7,10-11,14-17H2,1-4H3,(H,27,28)/t19-,20+/m0/s1. The molecule has 1 saturated carbocycles. The maximum atomic E-state index is 12.1. The Morgan fingerprint density at radius 3 is 2.29 bits per heavy atom. The van der Waals surface area contributed by atoms with Gasteiger partial charge in [0.05, 0.1) is 12.1 Å². The third-order valence-electron chi connectivity index (χ3n) is 6.17. The van der Waals surface area contributed by atoms with E-state index < -0.39 is 23.8 Å². The molecule has 1 amide bonds. The van der Waals surface area contributed by atoms with Crippen molar-refractivity contribution in [3.63, 3.8) is 0 Å². The summed E-state index contributed by atoms with van der Waals surface area (Å²) in [6, 6.07) is 9.32. The van der Waals surface area contributed by atoms with Crippen molar-refractivity contribution < 1.29 is 15.0 Å². The van der Waals surface area contributed by atoms with Crippen LogP contribution in [-0.2, 0) is 6.42 Å². The fourth-order valence-corrected chi connectivity index (χ4v) is 4.52. The fraction of sp³-hybridized carbons (Fsp3) is 0.696. The zero-order valence-corrected chi connectivity index (χ0v) is 17.9. The molecule has 0 radical (unpaired) electrons. The van der Waals surface area contributed by atoms with Crippen LogP contribution in [0.1, 0.15) is 71.8 Å². The number of aliphatic hydroxyl groups is 1. The number of hydrogen-bond donors (Lipinski definition) is 3. The topological polar surface area (TPSA) is 72.8 Å². The van der Waals surface area contributed by atoms with Crippen LogP contribution in [0.5, 0.6) is 0 Å². The van der Waals surface area contributed by atoms with Crippen LogP contribution in [0.25, 0.3) is 0 Å². The number of aliphatic hydroxyl groups excluding tert-OH is 1. The van der Waals surface area contributed by atoms with Crippen molar-refractivity contribution in [1.29, 1.82) is 0 Å². The van der Waals surface area contributed by atoms with Gasteiger partial charge in [-0.05, 0) is 52.0 Å². The second-order valence-corrected chi connectivity index (χ2v) is 9.22.